The van der Waals surface area contributed by atoms with E-state index < -0.39 is 33.7 Å². The zero-order chi connectivity index (χ0) is 22.8. The molecule has 31 heavy (non-hydrogen) atoms. The molecule has 0 bridgehead atoms. The second-order valence-electron chi connectivity index (χ2n) is 7.02. The molecule has 9 heteroatoms. The molecule has 0 fully saturated rings. The second kappa shape index (κ2) is 8.89. The second-order valence-corrected chi connectivity index (χ2v) is 9.04. The Kier molecular flexibility index (Phi) is 6.45. The van der Waals surface area contributed by atoms with Gasteiger partial charge >= 0.3 is 5.97 Å². The lowest BCUT2D eigenvalue weighted by atomic mass is 9.99. The molecule has 0 aliphatic heterocycles. The lowest BCUT2D eigenvalue weighted by Crippen LogP contribution is -2.18. The first-order valence-electron chi connectivity index (χ1n) is 9.50. The highest BCUT2D eigenvalue weighted by molar-refractivity contribution is 7.90. The van der Waals surface area contributed by atoms with Crippen molar-refractivity contribution in [3.8, 4) is 5.75 Å². The van der Waals surface area contributed by atoms with Crippen LogP contribution in [0, 0.1) is 5.82 Å². The van der Waals surface area contributed by atoms with Crippen LogP contribution in [0.15, 0.2) is 46.1 Å². The summed E-state index contributed by atoms with van der Waals surface area (Å²) in [4.78, 5) is 27.9. The highest BCUT2D eigenvalue weighted by Crippen LogP contribution is 2.26. The third-order valence-corrected chi connectivity index (χ3v) is 6.00. The van der Waals surface area contributed by atoms with Gasteiger partial charge in [0.25, 0.3) is 0 Å². The number of fused-ring (bicyclic) bond motifs is 1. The molecule has 1 N–H and O–H groups in total. The number of rotatable bonds is 7. The molecule has 164 valence electrons. The summed E-state index contributed by atoms with van der Waals surface area (Å²) in [6.45, 7) is 1.39. The largest absolute Gasteiger partial charge is 0.481 e. The van der Waals surface area contributed by atoms with Gasteiger partial charge in [-0.25, -0.2) is 17.6 Å². The summed E-state index contributed by atoms with van der Waals surface area (Å²) in [6, 6.07) is 8.77. The summed E-state index contributed by atoms with van der Waals surface area (Å²) in [6.07, 6.45) is 1.68. The Hall–Kier alpha value is -3.20. The van der Waals surface area contributed by atoms with Crippen LogP contribution in [-0.4, -0.2) is 39.3 Å². The van der Waals surface area contributed by atoms with Crippen molar-refractivity contribution < 1.29 is 27.1 Å². The number of ether oxygens (including phenoxy) is 2. The van der Waals surface area contributed by atoms with Gasteiger partial charge < -0.3 is 14.5 Å². The van der Waals surface area contributed by atoms with Crippen LogP contribution in [0.3, 0.4) is 0 Å². The van der Waals surface area contributed by atoms with Crippen molar-refractivity contribution in [2.75, 3.05) is 20.0 Å². The van der Waals surface area contributed by atoms with Gasteiger partial charge in [-0.1, -0.05) is 19.1 Å². The Balaban J connectivity index is 2.16. The average Bonchev–Trinajstić information content (AvgIpc) is 2.74. The van der Waals surface area contributed by atoms with E-state index in [9.17, 15) is 22.4 Å². The number of aromatic amines is 1. The first-order chi connectivity index (χ1) is 14.7. The number of pyridine rings is 1. The maximum Gasteiger partial charge on any atom is 0.343 e. The number of methoxy groups -OCH3 is 1. The Morgan fingerprint density at radius 3 is 2.58 bits per heavy atom. The van der Waals surface area contributed by atoms with Crippen molar-refractivity contribution in [2.24, 2.45) is 0 Å². The molecule has 0 saturated heterocycles. The number of aryl methyl sites for hydroxylation is 1. The van der Waals surface area contributed by atoms with E-state index >= 15 is 0 Å². The molecular formula is C22H22FNO6S. The molecule has 0 spiro atoms. The Morgan fingerprint density at radius 1 is 1.19 bits per heavy atom. The molecule has 0 atom stereocenters. The van der Waals surface area contributed by atoms with Gasteiger partial charge in [-0.05, 0) is 36.2 Å². The van der Waals surface area contributed by atoms with Crippen molar-refractivity contribution in [3.05, 3.63) is 69.3 Å². The normalized spacial score (nSPS) is 11.5. The van der Waals surface area contributed by atoms with Gasteiger partial charge in [0.05, 0.1) is 22.9 Å². The number of aromatic nitrogens is 1. The smallest absolute Gasteiger partial charge is 0.343 e. The molecule has 0 unspecified atom stereocenters. The molecule has 2 aromatic carbocycles. The van der Waals surface area contributed by atoms with Crippen molar-refractivity contribution >= 4 is 26.7 Å². The SMILES string of the molecule is CCc1[nH]c2c(F)ccc(OCC(=O)OC)c2c(=O)c1Cc1cccc(S(C)(=O)=O)c1. The maximum atomic E-state index is 14.5. The van der Waals surface area contributed by atoms with E-state index in [1.807, 2.05) is 6.92 Å². The third kappa shape index (κ3) is 4.77. The summed E-state index contributed by atoms with van der Waals surface area (Å²) < 4.78 is 48.2. The number of esters is 1. The number of sulfone groups is 1. The van der Waals surface area contributed by atoms with Crippen LogP contribution in [0.2, 0.25) is 0 Å². The van der Waals surface area contributed by atoms with Crippen LogP contribution in [0.5, 0.6) is 5.75 Å². The molecular weight excluding hydrogens is 425 g/mol. The van der Waals surface area contributed by atoms with Gasteiger partial charge in [-0.3, -0.25) is 4.79 Å². The number of hydrogen-bond donors (Lipinski definition) is 1. The number of halogens is 1. The molecule has 7 nitrogen and oxygen atoms in total. The van der Waals surface area contributed by atoms with E-state index in [-0.39, 0.29) is 28.0 Å². The molecule has 0 aliphatic carbocycles. The van der Waals surface area contributed by atoms with Gasteiger partial charge in [0.2, 0.25) is 0 Å². The summed E-state index contributed by atoms with van der Waals surface area (Å²) in [5.41, 5.74) is 1.06. The monoisotopic (exact) mass is 447 g/mol. The van der Waals surface area contributed by atoms with Crippen LogP contribution < -0.4 is 10.2 Å². The van der Waals surface area contributed by atoms with Crippen molar-refractivity contribution in [1.82, 2.24) is 4.98 Å². The van der Waals surface area contributed by atoms with Crippen molar-refractivity contribution in [3.63, 3.8) is 0 Å². The number of benzene rings is 2. The van der Waals surface area contributed by atoms with E-state index in [4.69, 9.17) is 4.74 Å². The fraction of sp³-hybridized carbons (Fsp3) is 0.273. The number of nitrogens with one attached hydrogen (secondary N) is 1. The van der Waals surface area contributed by atoms with E-state index in [2.05, 4.69) is 9.72 Å². The summed E-state index contributed by atoms with van der Waals surface area (Å²) >= 11 is 0. The van der Waals surface area contributed by atoms with Gasteiger partial charge in [0, 0.05) is 23.9 Å². The zero-order valence-corrected chi connectivity index (χ0v) is 18.1. The van der Waals surface area contributed by atoms with Gasteiger partial charge in [-0.2, -0.15) is 0 Å². The van der Waals surface area contributed by atoms with Crippen LogP contribution in [-0.2, 0) is 32.2 Å². The van der Waals surface area contributed by atoms with E-state index in [1.54, 1.807) is 12.1 Å². The topological polar surface area (TPSA) is 103 Å². The molecule has 0 saturated carbocycles. The molecule has 0 aliphatic rings. The fourth-order valence-electron chi connectivity index (χ4n) is 3.31. The minimum absolute atomic E-state index is 0.0159. The highest BCUT2D eigenvalue weighted by Gasteiger charge is 2.19. The van der Waals surface area contributed by atoms with E-state index in [1.165, 1.54) is 25.3 Å². The Bertz CT molecular complexity index is 1310. The summed E-state index contributed by atoms with van der Waals surface area (Å²) in [7, 11) is -2.20. The zero-order valence-electron chi connectivity index (χ0n) is 17.3. The first-order valence-corrected chi connectivity index (χ1v) is 11.4. The fourth-order valence-corrected chi connectivity index (χ4v) is 4.01. The number of carbonyl (C=O) groups is 1. The first kappa shape index (κ1) is 22.5. The molecule has 0 radical (unpaired) electrons. The quantitative estimate of drug-likeness (QED) is 0.559. The van der Waals surface area contributed by atoms with Crippen molar-refractivity contribution in [1.29, 1.82) is 0 Å². The number of carbonyl (C=O) groups excluding carboxylic acids is 1. The van der Waals surface area contributed by atoms with Crippen LogP contribution >= 0.6 is 0 Å². The van der Waals surface area contributed by atoms with Gasteiger partial charge in [0.1, 0.15) is 11.6 Å². The number of H-pyrrole nitrogens is 1. The van der Waals surface area contributed by atoms with Crippen LogP contribution in [0.1, 0.15) is 23.7 Å². The van der Waals surface area contributed by atoms with Crippen molar-refractivity contribution in [2.45, 2.75) is 24.7 Å². The summed E-state index contributed by atoms with van der Waals surface area (Å²) in [5.74, 6) is -1.22. The molecule has 1 aromatic heterocycles. The van der Waals surface area contributed by atoms with E-state index in [0.717, 1.165) is 12.3 Å². The predicted octanol–water partition coefficient (Wildman–Crippen LogP) is 2.78. The number of hydrogen-bond acceptors (Lipinski definition) is 6. The minimum Gasteiger partial charge on any atom is -0.481 e. The third-order valence-electron chi connectivity index (χ3n) is 4.89. The standard InChI is InChI=1S/C22H22FNO6S/c1-4-17-15(11-13-6-5-7-14(10-13)31(3,27)28)22(26)20-18(30-12-19(25)29-2)9-8-16(23)21(20)24-17/h5-10H,4,11-12H2,1-3H3,(H,24,26). The lowest BCUT2D eigenvalue weighted by Gasteiger charge is -2.14. The minimum atomic E-state index is -3.41. The van der Waals surface area contributed by atoms with Crippen LogP contribution in [0.4, 0.5) is 4.39 Å². The van der Waals surface area contributed by atoms with Gasteiger partial charge in [0.15, 0.2) is 21.9 Å². The molecule has 3 aromatic rings. The predicted molar refractivity (Wildman–Crippen MR) is 114 cm³/mol. The molecule has 0 amide bonds. The average molecular weight is 447 g/mol. The Morgan fingerprint density at radius 2 is 1.94 bits per heavy atom. The van der Waals surface area contributed by atoms with Gasteiger partial charge in [-0.15, -0.1) is 0 Å². The highest BCUT2D eigenvalue weighted by atomic mass is 32.2. The molecule has 3 rings (SSSR count). The lowest BCUT2D eigenvalue weighted by molar-refractivity contribution is -0.142. The molecule has 1 heterocycles. The summed E-state index contributed by atoms with van der Waals surface area (Å²) in [5, 5.41) is -0.0182. The Labute approximate surface area is 178 Å². The van der Waals surface area contributed by atoms with E-state index in [0.29, 0.717) is 23.2 Å². The maximum absolute atomic E-state index is 14.5. The van der Waals surface area contributed by atoms with Crippen LogP contribution in [0.25, 0.3) is 10.9 Å².